The van der Waals surface area contributed by atoms with Gasteiger partial charge in [0, 0.05) is 18.0 Å². The van der Waals surface area contributed by atoms with Crippen LogP contribution in [0.5, 0.6) is 5.19 Å². The summed E-state index contributed by atoms with van der Waals surface area (Å²) in [6.07, 6.45) is -2.28. The summed E-state index contributed by atoms with van der Waals surface area (Å²) in [7, 11) is 0. The number of carbonyl (C=O) groups is 1. The van der Waals surface area contributed by atoms with Crippen LogP contribution in [0.25, 0.3) is 11.0 Å². The first-order chi connectivity index (χ1) is 13.3. The maximum atomic E-state index is 12.5. The van der Waals surface area contributed by atoms with Crippen molar-refractivity contribution in [2.45, 2.75) is 31.5 Å². The van der Waals surface area contributed by atoms with Gasteiger partial charge in [-0.15, -0.1) is 0 Å². The van der Waals surface area contributed by atoms with Crippen LogP contribution in [0, 0.1) is 5.92 Å². The molecule has 1 amide bonds. The zero-order valence-corrected chi connectivity index (χ0v) is 15.6. The Kier molecular flexibility index (Phi) is 4.74. The van der Waals surface area contributed by atoms with Crippen LogP contribution in [-0.4, -0.2) is 33.6 Å². The average molecular weight is 410 g/mol. The molecule has 1 aliphatic carbocycles. The number of para-hydroxylation sites is 2. The van der Waals surface area contributed by atoms with E-state index in [1.807, 2.05) is 24.3 Å². The van der Waals surface area contributed by atoms with Gasteiger partial charge in [-0.25, -0.2) is 9.97 Å². The van der Waals surface area contributed by atoms with E-state index in [4.69, 9.17) is 0 Å². The van der Waals surface area contributed by atoms with E-state index in [9.17, 15) is 18.0 Å². The van der Waals surface area contributed by atoms with Crippen LogP contribution < -0.4 is 10.1 Å². The van der Waals surface area contributed by atoms with Gasteiger partial charge >= 0.3 is 6.18 Å². The van der Waals surface area contributed by atoms with E-state index in [1.54, 1.807) is 6.92 Å². The Morgan fingerprint density at radius 1 is 1.43 bits per heavy atom. The van der Waals surface area contributed by atoms with Crippen molar-refractivity contribution < 1.29 is 22.7 Å². The fourth-order valence-corrected chi connectivity index (χ4v) is 3.77. The topological polar surface area (TPSA) is 79.9 Å². The quantitative estimate of drug-likeness (QED) is 0.645. The van der Waals surface area contributed by atoms with Gasteiger partial charge in [0.2, 0.25) is 5.91 Å². The molecule has 0 aliphatic heterocycles. The van der Waals surface area contributed by atoms with E-state index < -0.39 is 12.8 Å². The first-order valence-corrected chi connectivity index (χ1v) is 9.52. The molecule has 1 aliphatic rings. The summed E-state index contributed by atoms with van der Waals surface area (Å²) in [6.45, 7) is 0.374. The first-order valence-electron chi connectivity index (χ1n) is 8.70. The van der Waals surface area contributed by atoms with Crippen LogP contribution in [0.3, 0.4) is 0 Å². The molecule has 0 saturated heterocycles. The first kappa shape index (κ1) is 18.7. The number of benzene rings is 1. The second kappa shape index (κ2) is 7.08. The standard InChI is InChI=1S/C18H17F3N4O2S/c1-9(14-7-22-17(28-14)27-8-18(19,20)21)23-16(26)11-6-10(11)15-24-12-4-2-3-5-13(12)25-15/h2-5,7,9-11H,6,8H2,1H3,(H,23,26)(H,24,25)/t9-,10-,11-/m1/s1. The van der Waals surface area contributed by atoms with Crippen LogP contribution in [0.4, 0.5) is 13.2 Å². The molecular weight excluding hydrogens is 393 g/mol. The zero-order chi connectivity index (χ0) is 19.9. The Morgan fingerprint density at radius 3 is 2.96 bits per heavy atom. The van der Waals surface area contributed by atoms with E-state index in [-0.39, 0.29) is 29.0 Å². The number of thiazole rings is 1. The predicted octanol–water partition coefficient (Wildman–Crippen LogP) is 3.94. The summed E-state index contributed by atoms with van der Waals surface area (Å²) in [6, 6.07) is 7.31. The number of hydrogen-bond donors (Lipinski definition) is 2. The van der Waals surface area contributed by atoms with Crippen LogP contribution in [-0.2, 0) is 4.79 Å². The Bertz CT molecular complexity index is 967. The lowest BCUT2D eigenvalue weighted by molar-refractivity contribution is -0.153. The number of nitrogens with zero attached hydrogens (tertiary/aromatic N) is 2. The highest BCUT2D eigenvalue weighted by Gasteiger charge is 2.46. The highest BCUT2D eigenvalue weighted by Crippen LogP contribution is 2.47. The third-order valence-electron chi connectivity index (χ3n) is 4.53. The number of carbonyl (C=O) groups excluding carboxylic acids is 1. The smallest absolute Gasteiger partial charge is 0.422 e. The van der Waals surface area contributed by atoms with Crippen LogP contribution in [0.1, 0.15) is 36.0 Å². The van der Waals surface area contributed by atoms with Crippen molar-refractivity contribution in [3.05, 3.63) is 41.2 Å². The largest absolute Gasteiger partial charge is 0.460 e. The van der Waals surface area contributed by atoms with E-state index in [0.717, 1.165) is 28.2 Å². The van der Waals surface area contributed by atoms with Crippen molar-refractivity contribution in [1.82, 2.24) is 20.3 Å². The number of aromatic nitrogens is 3. The van der Waals surface area contributed by atoms with E-state index >= 15 is 0 Å². The molecule has 0 bridgehead atoms. The van der Waals surface area contributed by atoms with Gasteiger partial charge in [0.15, 0.2) is 6.61 Å². The summed E-state index contributed by atoms with van der Waals surface area (Å²) in [4.78, 5) is 24.7. The summed E-state index contributed by atoms with van der Waals surface area (Å²) in [5, 5.41) is 2.82. The molecule has 3 atom stereocenters. The molecule has 0 unspecified atom stereocenters. The number of aromatic amines is 1. The zero-order valence-electron chi connectivity index (χ0n) is 14.8. The molecule has 148 valence electrons. The molecule has 1 fully saturated rings. The van der Waals surface area contributed by atoms with Crippen molar-refractivity contribution >= 4 is 28.3 Å². The number of ether oxygens (including phenoxy) is 1. The van der Waals surface area contributed by atoms with Crippen molar-refractivity contribution in [1.29, 1.82) is 0 Å². The Labute approximate surface area is 162 Å². The molecule has 4 rings (SSSR count). The summed E-state index contributed by atoms with van der Waals surface area (Å²) in [5.74, 6) is 0.572. The number of nitrogens with one attached hydrogen (secondary N) is 2. The molecule has 3 aromatic rings. The number of alkyl halides is 3. The van der Waals surface area contributed by atoms with Gasteiger partial charge in [-0.1, -0.05) is 23.5 Å². The third-order valence-corrected chi connectivity index (χ3v) is 5.63. The van der Waals surface area contributed by atoms with Gasteiger partial charge in [-0.2, -0.15) is 13.2 Å². The molecule has 6 nitrogen and oxygen atoms in total. The SMILES string of the molecule is C[C@@H](NC(=O)[C@@H]1C[C@H]1c1nc2ccccc2[nH]1)c1cnc(OCC(F)(F)F)s1. The minimum Gasteiger partial charge on any atom is -0.460 e. The maximum Gasteiger partial charge on any atom is 0.422 e. The third kappa shape index (κ3) is 4.11. The second-order valence-corrected chi connectivity index (χ2v) is 7.78. The van der Waals surface area contributed by atoms with Crippen molar-refractivity contribution in [3.8, 4) is 5.19 Å². The van der Waals surface area contributed by atoms with Gasteiger partial charge < -0.3 is 15.0 Å². The molecule has 1 aromatic carbocycles. The van der Waals surface area contributed by atoms with Crippen LogP contribution in [0.2, 0.25) is 0 Å². The highest BCUT2D eigenvalue weighted by molar-refractivity contribution is 7.13. The lowest BCUT2D eigenvalue weighted by Gasteiger charge is -2.11. The number of halogens is 3. The Balaban J connectivity index is 1.33. The molecule has 0 spiro atoms. The molecule has 28 heavy (non-hydrogen) atoms. The molecule has 2 aromatic heterocycles. The number of rotatable bonds is 6. The van der Waals surface area contributed by atoms with Crippen molar-refractivity contribution in [3.63, 3.8) is 0 Å². The molecule has 1 saturated carbocycles. The molecule has 2 N–H and O–H groups in total. The fraction of sp³-hybridized carbons (Fsp3) is 0.389. The number of H-pyrrole nitrogens is 1. The predicted molar refractivity (Wildman–Crippen MR) is 97.2 cm³/mol. The minimum absolute atomic E-state index is 0.0479. The fourth-order valence-electron chi connectivity index (χ4n) is 3.01. The monoisotopic (exact) mass is 410 g/mol. The lowest BCUT2D eigenvalue weighted by Crippen LogP contribution is -2.28. The van der Waals surface area contributed by atoms with Gasteiger partial charge in [-0.05, 0) is 25.5 Å². The number of hydrogen-bond acceptors (Lipinski definition) is 5. The van der Waals surface area contributed by atoms with Gasteiger partial charge in [-0.3, -0.25) is 4.79 Å². The van der Waals surface area contributed by atoms with Gasteiger partial charge in [0.05, 0.1) is 22.0 Å². The second-order valence-electron chi connectivity index (χ2n) is 6.75. The van der Waals surface area contributed by atoms with Crippen molar-refractivity contribution in [2.75, 3.05) is 6.61 Å². The Morgan fingerprint density at radius 2 is 2.21 bits per heavy atom. The molecular formula is C18H17F3N4O2S. The highest BCUT2D eigenvalue weighted by atomic mass is 32.1. The number of fused-ring (bicyclic) bond motifs is 1. The van der Waals surface area contributed by atoms with E-state index in [2.05, 4.69) is 25.0 Å². The molecule has 0 radical (unpaired) electrons. The average Bonchev–Trinajstić information content (AvgIpc) is 3.11. The van der Waals surface area contributed by atoms with Crippen molar-refractivity contribution in [2.24, 2.45) is 5.92 Å². The maximum absolute atomic E-state index is 12.5. The van der Waals surface area contributed by atoms with Gasteiger partial charge in [0.25, 0.3) is 5.19 Å². The van der Waals surface area contributed by atoms with Crippen LogP contribution >= 0.6 is 11.3 Å². The normalized spacial score (nSPS) is 20.1. The van der Waals surface area contributed by atoms with E-state index in [1.165, 1.54) is 6.20 Å². The molecule has 2 heterocycles. The number of amides is 1. The van der Waals surface area contributed by atoms with E-state index in [0.29, 0.717) is 11.3 Å². The minimum atomic E-state index is -4.41. The summed E-state index contributed by atoms with van der Waals surface area (Å²) >= 11 is 0.989. The van der Waals surface area contributed by atoms with Crippen LogP contribution in [0.15, 0.2) is 30.5 Å². The van der Waals surface area contributed by atoms with Gasteiger partial charge in [0.1, 0.15) is 5.82 Å². The molecule has 10 heteroatoms. The number of imidazole rings is 1. The Hall–Kier alpha value is -2.62. The summed E-state index contributed by atoms with van der Waals surface area (Å²) in [5.41, 5.74) is 1.81. The summed E-state index contributed by atoms with van der Waals surface area (Å²) < 4.78 is 41.2. The lowest BCUT2D eigenvalue weighted by atomic mass is 10.2.